The summed E-state index contributed by atoms with van der Waals surface area (Å²) >= 11 is 0. The van der Waals surface area contributed by atoms with E-state index in [0.29, 0.717) is 12.6 Å². The van der Waals surface area contributed by atoms with Gasteiger partial charge in [0.15, 0.2) is 5.96 Å². The first-order valence-corrected chi connectivity index (χ1v) is 8.95. The third-order valence-electron chi connectivity index (χ3n) is 4.24. The largest absolute Gasteiger partial charge is 0.396 e. The van der Waals surface area contributed by atoms with Crippen molar-refractivity contribution in [2.45, 2.75) is 59.0 Å². The smallest absolute Gasteiger partial charge is 0.191 e. The summed E-state index contributed by atoms with van der Waals surface area (Å²) in [5.41, 5.74) is 0. The first kappa shape index (κ1) is 22.9. The van der Waals surface area contributed by atoms with Gasteiger partial charge in [-0.2, -0.15) is 0 Å². The molecule has 0 aromatic rings. The fourth-order valence-corrected chi connectivity index (χ4v) is 2.98. The summed E-state index contributed by atoms with van der Waals surface area (Å²) in [7, 11) is 0. The molecule has 6 heteroatoms. The summed E-state index contributed by atoms with van der Waals surface area (Å²) in [5, 5.41) is 15.7. The van der Waals surface area contributed by atoms with Gasteiger partial charge in [0.1, 0.15) is 0 Å². The lowest BCUT2D eigenvalue weighted by molar-refractivity contribution is 0.0169. The van der Waals surface area contributed by atoms with Crippen molar-refractivity contribution in [3.05, 3.63) is 0 Å². The van der Waals surface area contributed by atoms with E-state index in [1.807, 2.05) is 6.92 Å². The van der Waals surface area contributed by atoms with Crippen LogP contribution in [0.1, 0.15) is 52.9 Å². The molecule has 0 heterocycles. The van der Waals surface area contributed by atoms with Crippen LogP contribution in [0.5, 0.6) is 0 Å². The van der Waals surface area contributed by atoms with Crippen molar-refractivity contribution < 1.29 is 9.84 Å². The Balaban J connectivity index is 0.00000484. The Morgan fingerprint density at radius 3 is 2.52 bits per heavy atom. The van der Waals surface area contributed by atoms with Gasteiger partial charge in [-0.05, 0) is 44.9 Å². The van der Waals surface area contributed by atoms with Crippen LogP contribution in [0.2, 0.25) is 0 Å². The maximum atomic E-state index is 9.08. The molecule has 0 bridgehead atoms. The van der Waals surface area contributed by atoms with E-state index in [4.69, 9.17) is 9.84 Å². The van der Waals surface area contributed by atoms with Gasteiger partial charge in [0, 0.05) is 32.8 Å². The number of nitrogens with zero attached hydrogens (tertiary/aromatic N) is 1. The summed E-state index contributed by atoms with van der Waals surface area (Å²) in [6.07, 6.45) is 6.73. The first-order chi connectivity index (χ1) is 10.7. The zero-order valence-corrected chi connectivity index (χ0v) is 17.3. The second-order valence-corrected chi connectivity index (χ2v) is 6.26. The quantitative estimate of drug-likeness (QED) is 0.277. The van der Waals surface area contributed by atoms with Crippen LogP contribution in [0.3, 0.4) is 0 Å². The van der Waals surface area contributed by atoms with Crippen molar-refractivity contribution in [1.29, 1.82) is 0 Å². The van der Waals surface area contributed by atoms with Gasteiger partial charge in [-0.3, -0.25) is 4.99 Å². The minimum absolute atomic E-state index is 0. The van der Waals surface area contributed by atoms with Gasteiger partial charge in [-0.25, -0.2) is 0 Å². The molecular weight excluding hydrogens is 405 g/mol. The van der Waals surface area contributed by atoms with Gasteiger partial charge in [-0.1, -0.05) is 19.8 Å². The van der Waals surface area contributed by atoms with E-state index in [9.17, 15) is 0 Å². The molecule has 0 aliphatic heterocycles. The minimum Gasteiger partial charge on any atom is -0.396 e. The van der Waals surface area contributed by atoms with E-state index in [1.54, 1.807) is 0 Å². The molecule has 1 aliphatic rings. The van der Waals surface area contributed by atoms with Crippen molar-refractivity contribution in [2.24, 2.45) is 16.8 Å². The van der Waals surface area contributed by atoms with Crippen LogP contribution in [-0.4, -0.2) is 50.0 Å². The van der Waals surface area contributed by atoms with Crippen LogP contribution in [0.15, 0.2) is 4.99 Å². The number of hydrogen-bond acceptors (Lipinski definition) is 3. The molecule has 0 radical (unpaired) electrons. The van der Waals surface area contributed by atoms with E-state index < -0.39 is 0 Å². The second kappa shape index (κ2) is 14.3. The molecule has 1 aliphatic carbocycles. The number of rotatable bonds is 10. The van der Waals surface area contributed by atoms with Crippen molar-refractivity contribution in [3.63, 3.8) is 0 Å². The number of halogens is 1. The molecule has 138 valence electrons. The summed E-state index contributed by atoms with van der Waals surface area (Å²) in [6, 6.07) is 0. The van der Waals surface area contributed by atoms with Gasteiger partial charge in [0.25, 0.3) is 0 Å². The number of aliphatic hydroxyl groups is 1. The van der Waals surface area contributed by atoms with E-state index >= 15 is 0 Å². The molecule has 3 N–H and O–H groups in total. The highest BCUT2D eigenvalue weighted by molar-refractivity contribution is 14.0. The molecule has 2 unspecified atom stereocenters. The SMILES string of the molecule is CCNC(=NCC(C)CO)NCCC(OCC)C1CCCC1.I. The zero-order valence-electron chi connectivity index (χ0n) is 15.0. The molecule has 1 rings (SSSR count). The van der Waals surface area contributed by atoms with E-state index in [0.717, 1.165) is 38.0 Å². The molecule has 1 saturated carbocycles. The highest BCUT2D eigenvalue weighted by atomic mass is 127. The van der Waals surface area contributed by atoms with Crippen molar-refractivity contribution in [1.82, 2.24) is 10.6 Å². The molecule has 2 atom stereocenters. The van der Waals surface area contributed by atoms with E-state index in [1.165, 1.54) is 25.7 Å². The molecule has 0 spiro atoms. The average Bonchev–Trinajstić information content (AvgIpc) is 3.05. The number of aliphatic imine (C=N–C) groups is 1. The van der Waals surface area contributed by atoms with E-state index in [-0.39, 0.29) is 36.5 Å². The van der Waals surface area contributed by atoms with Gasteiger partial charge in [0.05, 0.1) is 6.10 Å². The predicted molar refractivity (Wildman–Crippen MR) is 108 cm³/mol. The molecular formula is C17H36IN3O2. The van der Waals surface area contributed by atoms with Gasteiger partial charge in [-0.15, -0.1) is 24.0 Å². The number of hydrogen-bond donors (Lipinski definition) is 3. The molecule has 0 aromatic heterocycles. The van der Waals surface area contributed by atoms with Crippen LogP contribution in [0.25, 0.3) is 0 Å². The fourth-order valence-electron chi connectivity index (χ4n) is 2.98. The molecule has 0 amide bonds. The lowest BCUT2D eigenvalue weighted by Gasteiger charge is -2.24. The number of ether oxygens (including phenoxy) is 1. The third kappa shape index (κ3) is 9.72. The Kier molecular flexibility index (Phi) is 14.2. The van der Waals surface area contributed by atoms with Crippen LogP contribution in [-0.2, 0) is 4.74 Å². The van der Waals surface area contributed by atoms with Gasteiger partial charge in [0.2, 0.25) is 0 Å². The minimum atomic E-state index is 0. The summed E-state index contributed by atoms with van der Waals surface area (Å²) in [6.45, 7) is 9.48. The predicted octanol–water partition coefficient (Wildman–Crippen LogP) is 2.77. The maximum absolute atomic E-state index is 9.08. The zero-order chi connectivity index (χ0) is 16.2. The normalized spacial score (nSPS) is 18.3. The molecule has 5 nitrogen and oxygen atoms in total. The molecule has 1 fully saturated rings. The molecule has 23 heavy (non-hydrogen) atoms. The number of nitrogens with one attached hydrogen (secondary N) is 2. The Bertz CT molecular complexity index is 310. The number of aliphatic hydroxyl groups excluding tert-OH is 1. The highest BCUT2D eigenvalue weighted by Gasteiger charge is 2.25. The first-order valence-electron chi connectivity index (χ1n) is 8.95. The lowest BCUT2D eigenvalue weighted by Crippen LogP contribution is -2.39. The Labute approximate surface area is 159 Å². The summed E-state index contributed by atoms with van der Waals surface area (Å²) < 4.78 is 5.95. The lowest BCUT2D eigenvalue weighted by atomic mass is 9.98. The Morgan fingerprint density at radius 1 is 1.26 bits per heavy atom. The Morgan fingerprint density at radius 2 is 1.96 bits per heavy atom. The van der Waals surface area contributed by atoms with Gasteiger partial charge < -0.3 is 20.5 Å². The topological polar surface area (TPSA) is 65.9 Å². The summed E-state index contributed by atoms with van der Waals surface area (Å²) in [5.74, 6) is 1.77. The Hall–Kier alpha value is -0.0800. The van der Waals surface area contributed by atoms with Crippen molar-refractivity contribution >= 4 is 29.9 Å². The van der Waals surface area contributed by atoms with E-state index in [2.05, 4.69) is 29.5 Å². The standard InChI is InChI=1S/C17H35N3O2.HI/c1-4-18-17(20-12-14(3)13-21)19-11-10-16(22-5-2)15-8-6-7-9-15;/h14-16,21H,4-13H2,1-3H3,(H2,18,19,20);1H. The second-order valence-electron chi connectivity index (χ2n) is 6.26. The van der Waals surface area contributed by atoms with Crippen LogP contribution in [0.4, 0.5) is 0 Å². The highest BCUT2D eigenvalue weighted by Crippen LogP contribution is 2.30. The van der Waals surface area contributed by atoms with Crippen LogP contribution < -0.4 is 10.6 Å². The maximum Gasteiger partial charge on any atom is 0.191 e. The summed E-state index contributed by atoms with van der Waals surface area (Å²) in [4.78, 5) is 4.52. The van der Waals surface area contributed by atoms with Gasteiger partial charge >= 0.3 is 0 Å². The van der Waals surface area contributed by atoms with Crippen molar-refractivity contribution in [2.75, 3.05) is 32.8 Å². The molecule has 0 saturated heterocycles. The van der Waals surface area contributed by atoms with Crippen LogP contribution in [0, 0.1) is 11.8 Å². The molecule has 0 aromatic carbocycles. The van der Waals surface area contributed by atoms with Crippen molar-refractivity contribution in [3.8, 4) is 0 Å². The monoisotopic (exact) mass is 441 g/mol. The third-order valence-corrected chi connectivity index (χ3v) is 4.24. The number of guanidine groups is 1. The fraction of sp³-hybridized carbons (Fsp3) is 0.941. The van der Waals surface area contributed by atoms with Crippen LogP contribution >= 0.6 is 24.0 Å². The average molecular weight is 441 g/mol.